The van der Waals surface area contributed by atoms with Gasteiger partial charge in [-0.1, -0.05) is 0 Å². The number of carbonyl (C=O) groups is 1. The number of carbonyl (C=O) groups excluding carboxylic acids is 1. The van der Waals surface area contributed by atoms with Crippen LogP contribution in [-0.2, 0) is 18.6 Å². The van der Waals surface area contributed by atoms with Crippen LogP contribution in [0.5, 0.6) is 0 Å². The number of nitrogen functional groups attached to an aromatic ring is 1. The predicted octanol–water partition coefficient (Wildman–Crippen LogP) is -2.69. The monoisotopic (exact) mass is 459 g/mol. The van der Waals surface area contributed by atoms with Gasteiger partial charge in [-0.2, -0.15) is 0 Å². The van der Waals surface area contributed by atoms with Gasteiger partial charge in [-0.15, -0.1) is 0 Å². The first-order chi connectivity index (χ1) is 14.7. The Labute approximate surface area is 174 Å². The molecule has 4 rings (SSSR count). The van der Waals surface area contributed by atoms with Crippen LogP contribution in [0.2, 0.25) is 0 Å². The molecule has 0 aliphatic carbocycles. The zero-order valence-electron chi connectivity index (χ0n) is 16.0. The number of nitrogens with zero attached hydrogens (tertiary/aromatic N) is 3. The molecule has 2 aliphatic heterocycles. The van der Waals surface area contributed by atoms with Crippen molar-refractivity contribution < 1.29 is 33.7 Å². The molecule has 0 aromatic carbocycles. The van der Waals surface area contributed by atoms with Crippen molar-refractivity contribution in [3.63, 3.8) is 0 Å². The normalized spacial score (nSPS) is 30.5. The minimum atomic E-state index is -4.56. The van der Waals surface area contributed by atoms with Crippen LogP contribution in [0.15, 0.2) is 11.1 Å². The second-order valence-corrected chi connectivity index (χ2v) is 8.77. The number of fused-ring (bicyclic) bond motifs is 1. The standard InChI is InChI=1S/C15H22N7O8P/c16-11-8-12(19-5-18-11)22(15(26)20-8)14-10(24)9(23)7(30-14)4-29-31(27,28)21-13(25)6-2-1-3-17-6/h5-7,9-10,14,17,23-24H,1-4H2,(H,20,26)(H2,16,18,19)(H2,21,25,27,28)/t6?,7-,9-,10-,14-/m1/s1. The third-order valence-electron chi connectivity index (χ3n) is 5.17. The number of nitrogens with two attached hydrogens (primary N) is 1. The fourth-order valence-corrected chi connectivity index (χ4v) is 4.45. The van der Waals surface area contributed by atoms with Gasteiger partial charge in [0, 0.05) is 0 Å². The number of amides is 1. The summed E-state index contributed by atoms with van der Waals surface area (Å²) in [6.45, 7) is -0.0189. The maximum absolute atomic E-state index is 12.3. The molecule has 0 radical (unpaired) electrons. The fourth-order valence-electron chi connectivity index (χ4n) is 3.60. The number of H-pyrrole nitrogens is 1. The summed E-state index contributed by atoms with van der Waals surface area (Å²) in [6, 6.07) is -0.591. The van der Waals surface area contributed by atoms with E-state index in [0.717, 1.165) is 17.3 Å². The molecule has 2 aromatic rings. The molecule has 15 nitrogen and oxygen atoms in total. The SMILES string of the molecule is Nc1ncnc2c1[nH]c(=O)n2[C@@H]1O[C@H](COP(=O)(O)NC(=O)C2CCCN2)[C@@H](O)[C@H]1O. The second-order valence-electron chi connectivity index (χ2n) is 7.25. The summed E-state index contributed by atoms with van der Waals surface area (Å²) >= 11 is 0. The zero-order valence-corrected chi connectivity index (χ0v) is 16.9. The number of aromatic nitrogens is 4. The lowest BCUT2D eigenvalue weighted by Crippen LogP contribution is -2.39. The number of aliphatic hydroxyl groups excluding tert-OH is 2. The molecule has 2 unspecified atom stereocenters. The summed E-state index contributed by atoms with van der Waals surface area (Å²) in [4.78, 5) is 44.4. The van der Waals surface area contributed by atoms with Crippen LogP contribution >= 0.6 is 7.75 Å². The number of imidazole rings is 1. The number of hydrogen-bond acceptors (Lipinski definition) is 11. The molecule has 31 heavy (non-hydrogen) atoms. The quantitative estimate of drug-likeness (QED) is 0.219. The number of aromatic amines is 1. The van der Waals surface area contributed by atoms with Crippen molar-refractivity contribution in [2.45, 2.75) is 43.4 Å². The average Bonchev–Trinajstić information content (AvgIpc) is 3.41. The molecule has 6 atom stereocenters. The molecule has 2 aliphatic rings. The molecule has 4 heterocycles. The number of rotatable bonds is 6. The van der Waals surface area contributed by atoms with Crippen LogP contribution in [0.25, 0.3) is 11.2 Å². The molecule has 16 heteroatoms. The smallest absolute Gasteiger partial charge is 0.387 e. The van der Waals surface area contributed by atoms with Crippen molar-refractivity contribution >= 4 is 30.6 Å². The van der Waals surface area contributed by atoms with E-state index in [1.807, 2.05) is 5.09 Å². The Morgan fingerprint density at radius 2 is 2.19 bits per heavy atom. The Balaban J connectivity index is 1.45. The van der Waals surface area contributed by atoms with Crippen molar-refractivity contribution in [2.24, 2.45) is 0 Å². The van der Waals surface area contributed by atoms with Crippen molar-refractivity contribution in [1.29, 1.82) is 0 Å². The Bertz CT molecular complexity index is 1080. The van der Waals surface area contributed by atoms with Crippen LogP contribution in [0.4, 0.5) is 5.82 Å². The topological polar surface area (TPSA) is 227 Å². The van der Waals surface area contributed by atoms with Crippen LogP contribution in [-0.4, -0.2) is 78.0 Å². The summed E-state index contributed by atoms with van der Waals surface area (Å²) in [5.41, 5.74) is 5.15. The van der Waals surface area contributed by atoms with Gasteiger partial charge in [-0.25, -0.2) is 23.9 Å². The predicted molar refractivity (Wildman–Crippen MR) is 103 cm³/mol. The first kappa shape index (κ1) is 21.8. The minimum Gasteiger partial charge on any atom is -0.387 e. The van der Waals surface area contributed by atoms with Crippen LogP contribution in [0, 0.1) is 0 Å². The molecule has 8 N–H and O–H groups in total. The van der Waals surface area contributed by atoms with E-state index >= 15 is 0 Å². The summed E-state index contributed by atoms with van der Waals surface area (Å²) < 4.78 is 23.5. The minimum absolute atomic E-state index is 0.00230. The molecule has 2 saturated heterocycles. The molecule has 170 valence electrons. The van der Waals surface area contributed by atoms with Gasteiger partial charge in [-0.3, -0.25) is 14.4 Å². The number of aliphatic hydroxyl groups is 2. The van der Waals surface area contributed by atoms with E-state index in [4.69, 9.17) is 15.0 Å². The Morgan fingerprint density at radius 3 is 2.90 bits per heavy atom. The molecular formula is C15H22N7O8P. The molecule has 0 saturated carbocycles. The number of ether oxygens (including phenoxy) is 1. The third-order valence-corrected chi connectivity index (χ3v) is 6.17. The summed E-state index contributed by atoms with van der Waals surface area (Å²) in [7, 11) is -4.56. The fraction of sp³-hybridized carbons (Fsp3) is 0.600. The molecular weight excluding hydrogens is 437 g/mol. The summed E-state index contributed by atoms with van der Waals surface area (Å²) in [5, 5.41) is 25.5. The molecule has 0 bridgehead atoms. The lowest BCUT2D eigenvalue weighted by molar-refractivity contribution is -0.121. The van der Waals surface area contributed by atoms with Gasteiger partial charge in [0.2, 0.25) is 5.91 Å². The van der Waals surface area contributed by atoms with E-state index in [1.165, 1.54) is 0 Å². The van der Waals surface area contributed by atoms with Gasteiger partial charge in [0.15, 0.2) is 17.7 Å². The number of anilines is 1. The van der Waals surface area contributed by atoms with E-state index in [1.54, 1.807) is 0 Å². The first-order valence-corrected chi connectivity index (χ1v) is 11.0. The summed E-state index contributed by atoms with van der Waals surface area (Å²) in [5.74, 6) is -0.681. The van der Waals surface area contributed by atoms with Gasteiger partial charge in [0.1, 0.15) is 30.2 Å². The number of nitrogens with one attached hydrogen (secondary N) is 3. The second kappa shape index (κ2) is 8.27. The van der Waals surface area contributed by atoms with E-state index in [0.29, 0.717) is 13.0 Å². The lowest BCUT2D eigenvalue weighted by Gasteiger charge is -2.19. The van der Waals surface area contributed by atoms with Crippen molar-refractivity contribution in [3.05, 3.63) is 16.8 Å². The number of hydrogen-bond donors (Lipinski definition) is 7. The highest BCUT2D eigenvalue weighted by Crippen LogP contribution is 2.39. The van der Waals surface area contributed by atoms with Crippen molar-refractivity contribution in [2.75, 3.05) is 18.9 Å². The van der Waals surface area contributed by atoms with Gasteiger partial charge >= 0.3 is 13.4 Å². The zero-order chi connectivity index (χ0) is 22.3. The van der Waals surface area contributed by atoms with Crippen LogP contribution < -0.4 is 21.8 Å². The average molecular weight is 459 g/mol. The highest BCUT2D eigenvalue weighted by atomic mass is 31.2. The Hall–Kier alpha value is -2.39. The molecule has 2 fully saturated rings. The Kier molecular flexibility index (Phi) is 5.83. The van der Waals surface area contributed by atoms with E-state index < -0.39 is 56.5 Å². The highest BCUT2D eigenvalue weighted by molar-refractivity contribution is 7.51. The highest BCUT2D eigenvalue weighted by Gasteiger charge is 2.46. The molecule has 2 aromatic heterocycles. The van der Waals surface area contributed by atoms with Crippen LogP contribution in [0.3, 0.4) is 0 Å². The van der Waals surface area contributed by atoms with Crippen LogP contribution in [0.1, 0.15) is 19.1 Å². The Morgan fingerprint density at radius 1 is 1.42 bits per heavy atom. The van der Waals surface area contributed by atoms with Gasteiger partial charge in [0.05, 0.1) is 12.6 Å². The lowest BCUT2D eigenvalue weighted by atomic mass is 10.1. The van der Waals surface area contributed by atoms with Gasteiger partial charge < -0.3 is 35.9 Å². The molecule has 0 spiro atoms. The van der Waals surface area contributed by atoms with E-state index in [9.17, 15) is 29.3 Å². The maximum Gasteiger partial charge on any atom is 0.432 e. The first-order valence-electron chi connectivity index (χ1n) is 9.43. The van der Waals surface area contributed by atoms with Crippen molar-refractivity contribution in [1.82, 2.24) is 29.9 Å². The maximum atomic E-state index is 12.3. The largest absolute Gasteiger partial charge is 0.432 e. The van der Waals surface area contributed by atoms with E-state index in [-0.39, 0.29) is 17.0 Å². The van der Waals surface area contributed by atoms with Crippen molar-refractivity contribution in [3.8, 4) is 0 Å². The van der Waals surface area contributed by atoms with Gasteiger partial charge in [-0.05, 0) is 19.4 Å². The molecule has 1 amide bonds. The van der Waals surface area contributed by atoms with E-state index in [2.05, 4.69) is 20.3 Å². The summed E-state index contributed by atoms with van der Waals surface area (Å²) in [6.07, 6.45) is -3.40. The van der Waals surface area contributed by atoms with Gasteiger partial charge in [0.25, 0.3) is 0 Å². The third kappa shape index (κ3) is 4.21.